The lowest BCUT2D eigenvalue weighted by Gasteiger charge is -2.21. The Morgan fingerprint density at radius 2 is 1.89 bits per heavy atom. The van der Waals surface area contributed by atoms with E-state index >= 15 is 0 Å². The zero-order chi connectivity index (χ0) is 13.3. The van der Waals surface area contributed by atoms with Crippen molar-refractivity contribution in [2.75, 3.05) is 0 Å². The molecule has 0 unspecified atom stereocenters. The standard InChI is InChI=1S/C15H23N3/c1-11(2)18-13-9-7-6-8-12(13)17-14(18)10-16-15(3,4)5/h6-9,11,16H,10H2,1-5H3. The van der Waals surface area contributed by atoms with Gasteiger partial charge in [-0.05, 0) is 46.8 Å². The molecule has 3 heteroatoms. The number of hydrogen-bond donors (Lipinski definition) is 1. The molecule has 0 fully saturated rings. The fraction of sp³-hybridized carbons (Fsp3) is 0.533. The molecule has 0 saturated carbocycles. The molecular formula is C15H23N3. The largest absolute Gasteiger partial charge is 0.324 e. The van der Waals surface area contributed by atoms with Crippen molar-refractivity contribution in [3.05, 3.63) is 30.1 Å². The predicted molar refractivity (Wildman–Crippen MR) is 76.7 cm³/mol. The maximum atomic E-state index is 4.74. The fourth-order valence-corrected chi connectivity index (χ4v) is 2.14. The molecule has 0 saturated heterocycles. The smallest absolute Gasteiger partial charge is 0.124 e. The monoisotopic (exact) mass is 245 g/mol. The highest BCUT2D eigenvalue weighted by molar-refractivity contribution is 5.76. The van der Waals surface area contributed by atoms with Crippen molar-refractivity contribution in [3.63, 3.8) is 0 Å². The molecule has 0 atom stereocenters. The van der Waals surface area contributed by atoms with Gasteiger partial charge in [-0.1, -0.05) is 12.1 Å². The molecular weight excluding hydrogens is 222 g/mol. The minimum atomic E-state index is 0.111. The van der Waals surface area contributed by atoms with Gasteiger partial charge in [-0.2, -0.15) is 0 Å². The molecule has 0 spiro atoms. The minimum Gasteiger partial charge on any atom is -0.324 e. The molecule has 0 aliphatic rings. The van der Waals surface area contributed by atoms with Crippen LogP contribution in [0.25, 0.3) is 11.0 Å². The van der Waals surface area contributed by atoms with Crippen LogP contribution in [0, 0.1) is 0 Å². The van der Waals surface area contributed by atoms with Crippen LogP contribution < -0.4 is 5.32 Å². The fourth-order valence-electron chi connectivity index (χ4n) is 2.14. The summed E-state index contributed by atoms with van der Waals surface area (Å²) in [6, 6.07) is 8.76. The molecule has 1 heterocycles. The molecule has 0 radical (unpaired) electrons. The van der Waals surface area contributed by atoms with Crippen LogP contribution in [0.2, 0.25) is 0 Å². The summed E-state index contributed by atoms with van der Waals surface area (Å²) in [6.45, 7) is 11.7. The third kappa shape index (κ3) is 2.72. The lowest BCUT2D eigenvalue weighted by Crippen LogP contribution is -2.36. The van der Waals surface area contributed by atoms with Crippen LogP contribution >= 0.6 is 0 Å². The maximum Gasteiger partial charge on any atom is 0.124 e. The lowest BCUT2D eigenvalue weighted by atomic mass is 10.1. The Hall–Kier alpha value is -1.35. The number of fused-ring (bicyclic) bond motifs is 1. The lowest BCUT2D eigenvalue weighted by molar-refractivity contribution is 0.408. The second-order valence-electron chi connectivity index (χ2n) is 6.08. The summed E-state index contributed by atoms with van der Waals surface area (Å²) >= 11 is 0. The molecule has 1 aromatic heterocycles. The number of para-hydroxylation sites is 2. The van der Waals surface area contributed by atoms with E-state index in [1.807, 2.05) is 6.07 Å². The highest BCUT2D eigenvalue weighted by Gasteiger charge is 2.15. The number of rotatable bonds is 3. The SMILES string of the molecule is CC(C)n1c(CNC(C)(C)C)nc2ccccc21. The van der Waals surface area contributed by atoms with Crippen LogP contribution in [0.4, 0.5) is 0 Å². The van der Waals surface area contributed by atoms with Gasteiger partial charge in [0.05, 0.1) is 17.6 Å². The average molecular weight is 245 g/mol. The third-order valence-electron chi connectivity index (χ3n) is 2.96. The van der Waals surface area contributed by atoms with Crippen molar-refractivity contribution in [1.82, 2.24) is 14.9 Å². The highest BCUT2D eigenvalue weighted by atomic mass is 15.1. The summed E-state index contributed by atoms with van der Waals surface area (Å²) in [5.41, 5.74) is 2.41. The van der Waals surface area contributed by atoms with Gasteiger partial charge in [0.25, 0.3) is 0 Å². The normalized spacial score (nSPS) is 12.6. The first kappa shape index (κ1) is 13.1. The summed E-state index contributed by atoms with van der Waals surface area (Å²) in [4.78, 5) is 4.74. The van der Waals surface area contributed by atoms with Gasteiger partial charge in [0, 0.05) is 11.6 Å². The van der Waals surface area contributed by atoms with Crippen molar-refractivity contribution in [1.29, 1.82) is 0 Å². The second-order valence-corrected chi connectivity index (χ2v) is 6.08. The molecule has 1 N–H and O–H groups in total. The van der Waals surface area contributed by atoms with Gasteiger partial charge in [0.1, 0.15) is 5.82 Å². The number of hydrogen-bond acceptors (Lipinski definition) is 2. The number of nitrogens with one attached hydrogen (secondary N) is 1. The van der Waals surface area contributed by atoms with Gasteiger partial charge >= 0.3 is 0 Å². The van der Waals surface area contributed by atoms with Crippen LogP contribution in [-0.2, 0) is 6.54 Å². The number of aromatic nitrogens is 2. The summed E-state index contributed by atoms with van der Waals surface area (Å²) in [5.74, 6) is 1.11. The molecule has 2 rings (SSSR count). The van der Waals surface area contributed by atoms with E-state index in [0.717, 1.165) is 17.9 Å². The van der Waals surface area contributed by atoms with Gasteiger partial charge in [0.2, 0.25) is 0 Å². The van der Waals surface area contributed by atoms with Crippen molar-refractivity contribution in [2.45, 2.75) is 52.7 Å². The van der Waals surface area contributed by atoms with E-state index < -0.39 is 0 Å². The predicted octanol–water partition coefficient (Wildman–Crippen LogP) is 3.51. The summed E-state index contributed by atoms with van der Waals surface area (Å²) < 4.78 is 2.31. The van der Waals surface area contributed by atoms with Crippen molar-refractivity contribution in [3.8, 4) is 0 Å². The Morgan fingerprint density at radius 1 is 1.22 bits per heavy atom. The zero-order valence-electron chi connectivity index (χ0n) is 12.0. The quantitative estimate of drug-likeness (QED) is 0.897. The summed E-state index contributed by atoms with van der Waals surface area (Å²) in [5, 5.41) is 3.51. The van der Waals surface area contributed by atoms with E-state index in [0.29, 0.717) is 6.04 Å². The Bertz CT molecular complexity index is 532. The number of imidazole rings is 1. The zero-order valence-corrected chi connectivity index (χ0v) is 12.0. The van der Waals surface area contributed by atoms with Crippen molar-refractivity contribution >= 4 is 11.0 Å². The molecule has 0 amide bonds. The first-order valence-electron chi connectivity index (χ1n) is 6.59. The van der Waals surface area contributed by atoms with Crippen LogP contribution in [-0.4, -0.2) is 15.1 Å². The van der Waals surface area contributed by atoms with Gasteiger partial charge in [-0.15, -0.1) is 0 Å². The molecule has 1 aromatic carbocycles. The molecule has 0 bridgehead atoms. The Morgan fingerprint density at radius 3 is 2.50 bits per heavy atom. The van der Waals surface area contributed by atoms with Crippen molar-refractivity contribution in [2.24, 2.45) is 0 Å². The second kappa shape index (κ2) is 4.73. The molecule has 0 aliphatic carbocycles. The van der Waals surface area contributed by atoms with E-state index in [-0.39, 0.29) is 5.54 Å². The van der Waals surface area contributed by atoms with E-state index in [1.54, 1.807) is 0 Å². The van der Waals surface area contributed by atoms with Gasteiger partial charge < -0.3 is 9.88 Å². The summed E-state index contributed by atoms with van der Waals surface area (Å²) in [6.07, 6.45) is 0. The van der Waals surface area contributed by atoms with Gasteiger partial charge in [0.15, 0.2) is 0 Å². The van der Waals surface area contributed by atoms with Crippen LogP contribution in [0.5, 0.6) is 0 Å². The van der Waals surface area contributed by atoms with Crippen molar-refractivity contribution < 1.29 is 0 Å². The molecule has 2 aromatic rings. The van der Waals surface area contributed by atoms with E-state index in [1.165, 1.54) is 5.52 Å². The van der Waals surface area contributed by atoms with E-state index in [9.17, 15) is 0 Å². The van der Waals surface area contributed by atoms with Gasteiger partial charge in [-0.25, -0.2) is 4.98 Å². The molecule has 3 nitrogen and oxygen atoms in total. The molecule has 0 aliphatic heterocycles. The van der Waals surface area contributed by atoms with Crippen LogP contribution in [0.3, 0.4) is 0 Å². The number of nitrogens with zero attached hydrogens (tertiary/aromatic N) is 2. The minimum absolute atomic E-state index is 0.111. The Kier molecular flexibility index (Phi) is 3.44. The average Bonchev–Trinajstić information content (AvgIpc) is 2.63. The number of benzene rings is 1. The van der Waals surface area contributed by atoms with E-state index in [4.69, 9.17) is 4.98 Å². The molecule has 18 heavy (non-hydrogen) atoms. The topological polar surface area (TPSA) is 29.9 Å². The van der Waals surface area contributed by atoms with Crippen LogP contribution in [0.15, 0.2) is 24.3 Å². The first-order valence-corrected chi connectivity index (χ1v) is 6.59. The first-order chi connectivity index (χ1) is 8.38. The Labute approximate surface area is 109 Å². The highest BCUT2D eigenvalue weighted by Crippen LogP contribution is 2.21. The van der Waals surface area contributed by atoms with Crippen LogP contribution in [0.1, 0.15) is 46.5 Å². The van der Waals surface area contributed by atoms with Gasteiger partial charge in [-0.3, -0.25) is 0 Å². The van der Waals surface area contributed by atoms with E-state index in [2.05, 4.69) is 62.7 Å². The molecule has 98 valence electrons. The third-order valence-corrected chi connectivity index (χ3v) is 2.96. The Balaban J connectivity index is 2.40. The maximum absolute atomic E-state index is 4.74. The summed E-state index contributed by atoms with van der Waals surface area (Å²) in [7, 11) is 0.